The summed E-state index contributed by atoms with van der Waals surface area (Å²) in [6, 6.07) is 7.79. The minimum absolute atomic E-state index is 0.000775. The summed E-state index contributed by atoms with van der Waals surface area (Å²) < 4.78 is 0. The van der Waals surface area contributed by atoms with Crippen LogP contribution in [0, 0.1) is 12.8 Å². The molecule has 2 rings (SSSR count). The molecule has 1 fully saturated rings. The molecule has 0 bridgehead atoms. The molecule has 1 amide bonds. The van der Waals surface area contributed by atoms with Crippen LogP contribution in [0.25, 0.3) is 0 Å². The molecule has 0 radical (unpaired) electrons. The first-order valence-electron chi connectivity index (χ1n) is 6.80. The Kier molecular flexibility index (Phi) is 4.22. The summed E-state index contributed by atoms with van der Waals surface area (Å²) in [7, 11) is 0. The van der Waals surface area contributed by atoms with Gasteiger partial charge in [-0.3, -0.25) is 4.79 Å². The average Bonchev–Trinajstić information content (AvgIpc) is 2.39. The lowest BCUT2D eigenvalue weighted by molar-refractivity contribution is -0.121. The fraction of sp³-hybridized carbons (Fsp3) is 0.533. The third-order valence-electron chi connectivity index (χ3n) is 3.95. The Hall–Kier alpha value is -1.39. The Bertz CT molecular complexity index is 451. The molecule has 4 nitrogen and oxygen atoms in total. The molecule has 0 unspecified atom stereocenters. The van der Waals surface area contributed by atoms with E-state index in [9.17, 15) is 9.90 Å². The Balaban J connectivity index is 1.92. The van der Waals surface area contributed by atoms with Gasteiger partial charge in [0.2, 0.25) is 5.91 Å². The minimum atomic E-state index is -0.486. The number of carbonyl (C=O) groups excluding carboxylic acids is 1. The molecule has 1 aromatic rings. The molecular weight excluding hydrogens is 240 g/mol. The SMILES string of the molecule is Cc1cccc(NC(=O)C2CCC(N)(CO)CC2)c1. The second kappa shape index (κ2) is 5.72. The highest BCUT2D eigenvalue weighted by Crippen LogP contribution is 2.30. The third kappa shape index (κ3) is 3.55. The number of aliphatic hydroxyl groups excluding tert-OH is 1. The fourth-order valence-corrected chi connectivity index (χ4v) is 2.58. The molecule has 19 heavy (non-hydrogen) atoms. The van der Waals surface area contributed by atoms with Crippen molar-refractivity contribution in [2.45, 2.75) is 38.1 Å². The van der Waals surface area contributed by atoms with Gasteiger partial charge in [0.15, 0.2) is 0 Å². The highest BCUT2D eigenvalue weighted by molar-refractivity contribution is 5.92. The van der Waals surface area contributed by atoms with Gasteiger partial charge >= 0.3 is 0 Å². The van der Waals surface area contributed by atoms with Crippen LogP contribution < -0.4 is 11.1 Å². The van der Waals surface area contributed by atoms with Crippen molar-refractivity contribution in [2.24, 2.45) is 11.7 Å². The molecule has 1 aliphatic carbocycles. The molecule has 4 heteroatoms. The van der Waals surface area contributed by atoms with Gasteiger partial charge in [0.1, 0.15) is 0 Å². The van der Waals surface area contributed by atoms with Crippen molar-refractivity contribution in [1.82, 2.24) is 0 Å². The molecule has 0 heterocycles. The number of benzene rings is 1. The molecule has 0 aliphatic heterocycles. The number of carbonyl (C=O) groups is 1. The molecular formula is C15H22N2O2. The van der Waals surface area contributed by atoms with Gasteiger partial charge in [-0.05, 0) is 50.3 Å². The predicted molar refractivity (Wildman–Crippen MR) is 75.8 cm³/mol. The lowest BCUT2D eigenvalue weighted by atomic mass is 9.77. The largest absolute Gasteiger partial charge is 0.394 e. The molecule has 4 N–H and O–H groups in total. The molecule has 1 aromatic carbocycles. The van der Waals surface area contributed by atoms with E-state index in [0.717, 1.165) is 24.1 Å². The van der Waals surface area contributed by atoms with E-state index in [1.54, 1.807) is 0 Å². The zero-order valence-electron chi connectivity index (χ0n) is 11.4. The summed E-state index contributed by atoms with van der Waals surface area (Å²) in [5.41, 5.74) is 7.50. The van der Waals surface area contributed by atoms with Gasteiger partial charge < -0.3 is 16.2 Å². The van der Waals surface area contributed by atoms with Gasteiger partial charge in [-0.1, -0.05) is 12.1 Å². The first-order valence-corrected chi connectivity index (χ1v) is 6.80. The monoisotopic (exact) mass is 262 g/mol. The average molecular weight is 262 g/mol. The van der Waals surface area contributed by atoms with Crippen molar-refractivity contribution in [2.75, 3.05) is 11.9 Å². The van der Waals surface area contributed by atoms with E-state index in [2.05, 4.69) is 5.32 Å². The molecule has 0 atom stereocenters. The Morgan fingerprint density at radius 1 is 1.47 bits per heavy atom. The minimum Gasteiger partial charge on any atom is -0.394 e. The second-order valence-corrected chi connectivity index (χ2v) is 5.65. The van der Waals surface area contributed by atoms with Crippen LogP contribution in [-0.2, 0) is 4.79 Å². The van der Waals surface area contributed by atoms with E-state index < -0.39 is 5.54 Å². The van der Waals surface area contributed by atoms with Crippen LogP contribution in [0.2, 0.25) is 0 Å². The van der Waals surface area contributed by atoms with Gasteiger partial charge in [0.25, 0.3) is 0 Å². The van der Waals surface area contributed by atoms with Crippen molar-refractivity contribution in [3.8, 4) is 0 Å². The van der Waals surface area contributed by atoms with Crippen molar-refractivity contribution in [3.05, 3.63) is 29.8 Å². The summed E-state index contributed by atoms with van der Waals surface area (Å²) in [6.07, 6.45) is 2.90. The van der Waals surface area contributed by atoms with Gasteiger partial charge in [-0.2, -0.15) is 0 Å². The topological polar surface area (TPSA) is 75.4 Å². The Morgan fingerprint density at radius 3 is 2.74 bits per heavy atom. The maximum atomic E-state index is 12.2. The number of hydrogen-bond donors (Lipinski definition) is 3. The third-order valence-corrected chi connectivity index (χ3v) is 3.95. The van der Waals surface area contributed by atoms with E-state index in [-0.39, 0.29) is 18.4 Å². The maximum absolute atomic E-state index is 12.2. The zero-order chi connectivity index (χ0) is 13.9. The summed E-state index contributed by atoms with van der Waals surface area (Å²) in [5, 5.41) is 12.2. The summed E-state index contributed by atoms with van der Waals surface area (Å²) in [4.78, 5) is 12.2. The molecule has 1 aliphatic rings. The first kappa shape index (κ1) is 14.0. The van der Waals surface area contributed by atoms with Crippen molar-refractivity contribution in [1.29, 1.82) is 0 Å². The lowest BCUT2D eigenvalue weighted by Crippen LogP contribution is -2.47. The number of amides is 1. The van der Waals surface area contributed by atoms with Crippen molar-refractivity contribution < 1.29 is 9.90 Å². The van der Waals surface area contributed by atoms with E-state index in [1.165, 1.54) is 0 Å². The number of hydrogen-bond acceptors (Lipinski definition) is 3. The summed E-state index contributed by atoms with van der Waals surface area (Å²) >= 11 is 0. The lowest BCUT2D eigenvalue weighted by Gasteiger charge is -2.35. The number of anilines is 1. The van der Waals surface area contributed by atoms with E-state index in [4.69, 9.17) is 5.73 Å². The van der Waals surface area contributed by atoms with E-state index in [1.807, 2.05) is 31.2 Å². The van der Waals surface area contributed by atoms with Crippen LogP contribution >= 0.6 is 0 Å². The number of aryl methyl sites for hydroxylation is 1. The van der Waals surface area contributed by atoms with E-state index in [0.29, 0.717) is 12.8 Å². The quantitative estimate of drug-likeness (QED) is 0.777. The van der Waals surface area contributed by atoms with Crippen LogP contribution in [-0.4, -0.2) is 23.2 Å². The summed E-state index contributed by atoms with van der Waals surface area (Å²) in [5.74, 6) is 0.0642. The Morgan fingerprint density at radius 2 is 2.16 bits per heavy atom. The zero-order valence-corrected chi connectivity index (χ0v) is 11.4. The Labute approximate surface area is 114 Å². The standard InChI is InChI=1S/C15H22N2O2/c1-11-3-2-4-13(9-11)17-14(19)12-5-7-15(16,10-18)8-6-12/h2-4,9,12,18H,5-8,10,16H2,1H3,(H,17,19). The number of rotatable bonds is 3. The van der Waals surface area contributed by atoms with Crippen LogP contribution in [0.1, 0.15) is 31.2 Å². The van der Waals surface area contributed by atoms with Crippen LogP contribution in [0.5, 0.6) is 0 Å². The highest BCUT2D eigenvalue weighted by Gasteiger charge is 2.33. The predicted octanol–water partition coefficient (Wildman–Crippen LogP) is 1.81. The van der Waals surface area contributed by atoms with Crippen molar-refractivity contribution in [3.63, 3.8) is 0 Å². The molecule has 104 valence electrons. The van der Waals surface area contributed by atoms with Gasteiger partial charge in [-0.15, -0.1) is 0 Å². The number of nitrogens with one attached hydrogen (secondary N) is 1. The van der Waals surface area contributed by atoms with Crippen molar-refractivity contribution >= 4 is 11.6 Å². The molecule has 0 spiro atoms. The number of aliphatic hydroxyl groups is 1. The second-order valence-electron chi connectivity index (χ2n) is 5.65. The maximum Gasteiger partial charge on any atom is 0.227 e. The van der Waals surface area contributed by atoms with Gasteiger partial charge in [0, 0.05) is 17.1 Å². The van der Waals surface area contributed by atoms with Gasteiger partial charge in [0.05, 0.1) is 6.61 Å². The molecule has 1 saturated carbocycles. The fourth-order valence-electron chi connectivity index (χ4n) is 2.58. The highest BCUT2D eigenvalue weighted by atomic mass is 16.3. The first-order chi connectivity index (χ1) is 9.02. The number of nitrogens with two attached hydrogens (primary N) is 1. The van der Waals surface area contributed by atoms with Crippen LogP contribution in [0.3, 0.4) is 0 Å². The normalized spacial score (nSPS) is 27.0. The molecule has 0 saturated heterocycles. The smallest absolute Gasteiger partial charge is 0.227 e. The molecule has 0 aromatic heterocycles. The van der Waals surface area contributed by atoms with E-state index >= 15 is 0 Å². The van der Waals surface area contributed by atoms with Gasteiger partial charge in [-0.25, -0.2) is 0 Å². The van der Waals surface area contributed by atoms with Crippen LogP contribution in [0.15, 0.2) is 24.3 Å². The summed E-state index contributed by atoms with van der Waals surface area (Å²) in [6.45, 7) is 2.00. The van der Waals surface area contributed by atoms with Crippen LogP contribution in [0.4, 0.5) is 5.69 Å².